The summed E-state index contributed by atoms with van der Waals surface area (Å²) >= 11 is 0.818. The molecule has 1 aliphatic heterocycles. The molecule has 0 aromatic heterocycles. The third-order valence-electron chi connectivity index (χ3n) is 5.82. The minimum Gasteiger partial charge on any atom is -0.691 e. The minimum absolute atomic E-state index is 0.160. The molecular weight excluding hydrogens is 446 g/mol. The van der Waals surface area contributed by atoms with Gasteiger partial charge in [0.15, 0.2) is 5.71 Å². The molecule has 2 rings (SSSR count). The molecule has 9 nitrogen and oxygen atoms in total. The average molecular weight is 476 g/mol. The first kappa shape index (κ1) is 25.8. The molecule has 31 heavy (non-hydrogen) atoms. The second-order valence-electron chi connectivity index (χ2n) is 7.92. The van der Waals surface area contributed by atoms with Gasteiger partial charge in [0.05, 0.1) is 23.2 Å². The first-order chi connectivity index (χ1) is 14.6. The summed E-state index contributed by atoms with van der Waals surface area (Å²) in [5.41, 5.74) is 2.84. The van der Waals surface area contributed by atoms with Crippen LogP contribution < -0.4 is 5.26 Å². The lowest BCUT2D eigenvalue weighted by atomic mass is 9.76. The molecule has 1 unspecified atom stereocenters. The fraction of sp³-hybridized carbons (Fsp3) is 0.600. The predicted molar refractivity (Wildman–Crippen MR) is 114 cm³/mol. The quantitative estimate of drug-likeness (QED) is 0.104. The number of carboxylic acids is 1. The molecule has 0 fully saturated rings. The molecule has 1 aromatic rings. The Morgan fingerprint density at radius 1 is 1.23 bits per heavy atom. The smallest absolute Gasteiger partial charge is 0.303 e. The van der Waals surface area contributed by atoms with Crippen molar-refractivity contribution in [3.63, 3.8) is 0 Å². The molecule has 0 spiro atoms. The van der Waals surface area contributed by atoms with E-state index in [2.05, 4.69) is 20.9 Å². The Bertz CT molecular complexity index is 916. The molecule has 1 atom stereocenters. The summed E-state index contributed by atoms with van der Waals surface area (Å²) in [6, 6.07) is 5.73. The van der Waals surface area contributed by atoms with Crippen molar-refractivity contribution in [2.75, 3.05) is 12.3 Å². The summed E-state index contributed by atoms with van der Waals surface area (Å²) in [4.78, 5) is 11.4. The topological polar surface area (TPSA) is 136 Å². The fourth-order valence-corrected chi connectivity index (χ4v) is 5.03. The van der Waals surface area contributed by atoms with Gasteiger partial charge in [0.25, 0.3) is 10.1 Å². The van der Waals surface area contributed by atoms with Gasteiger partial charge in [0.2, 0.25) is 5.69 Å². The van der Waals surface area contributed by atoms with Crippen LogP contribution in [0.3, 0.4) is 0 Å². The summed E-state index contributed by atoms with van der Waals surface area (Å²) < 4.78 is 37.7. The summed E-state index contributed by atoms with van der Waals surface area (Å²) in [5.74, 6) is -1.06. The molecular formula is C20H29NO8S2. The maximum absolute atomic E-state index is 11.0. The Kier molecular flexibility index (Phi) is 9.46. The maximum Gasteiger partial charge on any atom is 0.303 e. The SMILES string of the molecule is CC1=[N+](CCCCCC(=O)O)c2ccc(SOO[O-])cc2C1(C)CCCCS(=O)(=O)O. The van der Waals surface area contributed by atoms with Gasteiger partial charge in [0, 0.05) is 36.3 Å². The molecule has 0 bridgehead atoms. The Labute approximate surface area is 186 Å². The van der Waals surface area contributed by atoms with E-state index in [1.807, 2.05) is 25.1 Å². The number of rotatable bonds is 14. The average Bonchev–Trinajstić information content (AvgIpc) is 2.90. The molecule has 1 aromatic carbocycles. The zero-order chi connectivity index (χ0) is 23.1. The summed E-state index contributed by atoms with van der Waals surface area (Å²) in [6.45, 7) is 4.88. The van der Waals surface area contributed by atoms with Gasteiger partial charge in [-0.2, -0.15) is 17.3 Å². The number of carbonyl (C=O) groups is 1. The number of unbranched alkanes of at least 4 members (excludes halogenated alkanes) is 3. The van der Waals surface area contributed by atoms with Crippen molar-refractivity contribution in [1.29, 1.82) is 0 Å². The van der Waals surface area contributed by atoms with Crippen molar-refractivity contribution in [3.05, 3.63) is 23.8 Å². The van der Waals surface area contributed by atoms with Crippen LogP contribution in [0.15, 0.2) is 23.1 Å². The number of hydrogen-bond donors (Lipinski definition) is 2. The van der Waals surface area contributed by atoms with Crippen LogP contribution in [0.4, 0.5) is 5.69 Å². The standard InChI is InChI=1S/C20H29NO8S2/c1-15-20(2,11-5-7-13-31(25,26)27)17-14-16(30-29-28-24)9-10-18(17)21(15)12-6-3-4-8-19(22)23/h9-10,14H,3-8,11-13H2,1-2H3,(H2-,22,23,24,25,26,27). The number of benzene rings is 1. The highest BCUT2D eigenvalue weighted by atomic mass is 32.2. The zero-order valence-electron chi connectivity index (χ0n) is 17.7. The van der Waals surface area contributed by atoms with Gasteiger partial charge in [-0.15, -0.1) is 0 Å². The van der Waals surface area contributed by atoms with E-state index in [0.29, 0.717) is 30.6 Å². The van der Waals surface area contributed by atoms with Crippen LogP contribution in [0, 0.1) is 0 Å². The Morgan fingerprint density at radius 2 is 1.97 bits per heavy atom. The van der Waals surface area contributed by atoms with Crippen molar-refractivity contribution in [2.45, 2.75) is 69.1 Å². The lowest BCUT2D eigenvalue weighted by Crippen LogP contribution is -2.30. The van der Waals surface area contributed by atoms with E-state index in [1.54, 1.807) is 0 Å². The molecule has 2 N–H and O–H groups in total. The Morgan fingerprint density at radius 3 is 2.61 bits per heavy atom. The lowest BCUT2D eigenvalue weighted by molar-refractivity contribution is -0.777. The highest BCUT2D eigenvalue weighted by Crippen LogP contribution is 2.44. The van der Waals surface area contributed by atoms with Gasteiger partial charge >= 0.3 is 5.97 Å². The van der Waals surface area contributed by atoms with E-state index in [-0.39, 0.29) is 17.6 Å². The van der Waals surface area contributed by atoms with E-state index in [9.17, 15) is 18.5 Å². The van der Waals surface area contributed by atoms with Crippen LogP contribution in [-0.2, 0) is 29.7 Å². The first-order valence-corrected chi connectivity index (χ1v) is 12.5. The first-order valence-electron chi connectivity index (χ1n) is 10.1. The van der Waals surface area contributed by atoms with Crippen molar-refractivity contribution in [3.8, 4) is 0 Å². The van der Waals surface area contributed by atoms with E-state index >= 15 is 0 Å². The number of fused-ring (bicyclic) bond motifs is 1. The van der Waals surface area contributed by atoms with E-state index in [0.717, 1.165) is 48.4 Å². The van der Waals surface area contributed by atoms with Crippen LogP contribution in [-0.4, -0.2) is 46.6 Å². The van der Waals surface area contributed by atoms with E-state index in [1.165, 1.54) is 0 Å². The third-order valence-corrected chi connectivity index (χ3v) is 7.19. The third kappa shape index (κ3) is 7.26. The summed E-state index contributed by atoms with van der Waals surface area (Å²) in [7, 11) is -3.99. The Balaban J connectivity index is 2.20. The van der Waals surface area contributed by atoms with Gasteiger partial charge in [-0.1, -0.05) is 6.42 Å². The monoisotopic (exact) mass is 475 g/mol. The zero-order valence-corrected chi connectivity index (χ0v) is 19.3. The highest BCUT2D eigenvalue weighted by Gasteiger charge is 2.46. The molecule has 0 amide bonds. The van der Waals surface area contributed by atoms with Crippen LogP contribution in [0.5, 0.6) is 0 Å². The van der Waals surface area contributed by atoms with Crippen LogP contribution in [0.25, 0.3) is 0 Å². The summed E-state index contributed by atoms with van der Waals surface area (Å²) in [5, 5.41) is 22.4. The van der Waals surface area contributed by atoms with Crippen molar-refractivity contribution >= 4 is 39.5 Å². The van der Waals surface area contributed by atoms with Gasteiger partial charge in [0.1, 0.15) is 6.54 Å². The van der Waals surface area contributed by atoms with Gasteiger partial charge in [-0.3, -0.25) is 14.4 Å². The van der Waals surface area contributed by atoms with Crippen molar-refractivity contribution in [1.82, 2.24) is 0 Å². The molecule has 0 saturated heterocycles. The van der Waals surface area contributed by atoms with Gasteiger partial charge in [-0.05, 0) is 44.7 Å². The summed E-state index contributed by atoms with van der Waals surface area (Å²) in [6.07, 6.45) is 4.08. The predicted octanol–water partition coefficient (Wildman–Crippen LogP) is 3.00. The largest absolute Gasteiger partial charge is 0.691 e. The lowest BCUT2D eigenvalue weighted by Gasteiger charge is -2.22. The second-order valence-corrected chi connectivity index (χ2v) is 10.3. The van der Waals surface area contributed by atoms with E-state index in [4.69, 9.17) is 9.66 Å². The molecule has 0 radical (unpaired) electrons. The molecule has 1 heterocycles. The van der Waals surface area contributed by atoms with E-state index < -0.39 is 16.1 Å². The second kappa shape index (κ2) is 11.4. The van der Waals surface area contributed by atoms with Crippen LogP contribution >= 0.6 is 12.0 Å². The van der Waals surface area contributed by atoms with Crippen molar-refractivity contribution < 1.29 is 42.1 Å². The molecule has 0 aliphatic carbocycles. The van der Waals surface area contributed by atoms with Gasteiger partial charge in [-0.25, -0.2) is 0 Å². The van der Waals surface area contributed by atoms with Crippen LogP contribution in [0.2, 0.25) is 0 Å². The normalized spacial score (nSPS) is 18.5. The Hall–Kier alpha value is -1.50. The number of carboxylic acid groups (broad SMARTS) is 1. The fourth-order valence-electron chi connectivity index (χ4n) is 4.06. The molecule has 11 heteroatoms. The van der Waals surface area contributed by atoms with Gasteiger partial charge < -0.3 is 10.4 Å². The highest BCUT2D eigenvalue weighted by molar-refractivity contribution is 7.94. The minimum atomic E-state index is -3.99. The molecule has 174 valence electrons. The number of hydrogen-bond acceptors (Lipinski definition) is 7. The van der Waals surface area contributed by atoms with Crippen molar-refractivity contribution in [2.24, 2.45) is 0 Å². The number of nitrogens with zero attached hydrogens (tertiary/aromatic N) is 1. The molecule has 0 saturated carbocycles. The molecule has 1 aliphatic rings. The maximum atomic E-state index is 11.0. The number of aliphatic carboxylic acids is 1. The van der Waals surface area contributed by atoms with Crippen LogP contribution in [0.1, 0.15) is 64.4 Å².